The number of aryl methyl sites for hydroxylation is 1. The van der Waals surface area contributed by atoms with E-state index in [9.17, 15) is 4.79 Å². The Morgan fingerprint density at radius 2 is 2.04 bits per heavy atom. The van der Waals surface area contributed by atoms with Crippen LogP contribution in [0.5, 0.6) is 0 Å². The third-order valence-electron chi connectivity index (χ3n) is 4.56. The first-order valence-corrected chi connectivity index (χ1v) is 8.93. The lowest BCUT2D eigenvalue weighted by atomic mass is 9.95. The van der Waals surface area contributed by atoms with Gasteiger partial charge in [0, 0.05) is 24.4 Å². The van der Waals surface area contributed by atoms with Crippen molar-refractivity contribution in [2.24, 2.45) is 0 Å². The minimum Gasteiger partial charge on any atom is -0.466 e. The quantitative estimate of drug-likeness (QED) is 0.433. The highest BCUT2D eigenvalue weighted by atomic mass is 16.5. The highest BCUT2D eigenvalue weighted by molar-refractivity contribution is 5.83. The molecular weight excluding hydrogens is 310 g/mol. The molecule has 3 heteroatoms. The van der Waals surface area contributed by atoms with E-state index in [1.165, 1.54) is 42.0 Å². The molecule has 1 aliphatic heterocycles. The number of hydrogen-bond donors (Lipinski definition) is 0. The molecule has 0 unspecified atom stereocenters. The SMILES string of the molecule is COC(=O)C=C(C)C=CC=C(C)c1ccc2c(c1)CCCN2C(C)C. The fraction of sp³-hybridized carbons (Fsp3) is 0.409. The molecule has 2 rings (SSSR count). The van der Waals surface area contributed by atoms with Crippen molar-refractivity contribution < 1.29 is 9.53 Å². The zero-order valence-corrected chi connectivity index (χ0v) is 16.0. The number of benzene rings is 1. The second-order valence-corrected chi connectivity index (χ2v) is 6.85. The van der Waals surface area contributed by atoms with Crippen LogP contribution in [0.4, 0.5) is 5.69 Å². The predicted octanol–water partition coefficient (Wildman–Crippen LogP) is 4.93. The van der Waals surface area contributed by atoms with Crippen LogP contribution in [-0.2, 0) is 16.0 Å². The van der Waals surface area contributed by atoms with Gasteiger partial charge in [-0.15, -0.1) is 0 Å². The molecule has 0 aliphatic carbocycles. The first-order valence-electron chi connectivity index (χ1n) is 8.93. The van der Waals surface area contributed by atoms with Gasteiger partial charge in [0.05, 0.1) is 7.11 Å². The van der Waals surface area contributed by atoms with Gasteiger partial charge in [-0.1, -0.05) is 24.3 Å². The van der Waals surface area contributed by atoms with Crippen LogP contribution < -0.4 is 4.90 Å². The molecule has 1 aromatic rings. The second kappa shape index (κ2) is 8.70. The van der Waals surface area contributed by atoms with Crippen LogP contribution in [0.1, 0.15) is 45.2 Å². The van der Waals surface area contributed by atoms with Gasteiger partial charge < -0.3 is 9.64 Å². The van der Waals surface area contributed by atoms with Crippen molar-refractivity contribution in [3.05, 3.63) is 59.2 Å². The molecule has 0 radical (unpaired) electrons. The normalized spacial score (nSPS) is 15.7. The molecule has 0 N–H and O–H groups in total. The molecule has 3 nitrogen and oxygen atoms in total. The van der Waals surface area contributed by atoms with E-state index in [-0.39, 0.29) is 5.97 Å². The zero-order valence-electron chi connectivity index (χ0n) is 16.0. The largest absolute Gasteiger partial charge is 0.466 e. The fourth-order valence-corrected chi connectivity index (χ4v) is 3.14. The molecule has 25 heavy (non-hydrogen) atoms. The lowest BCUT2D eigenvalue weighted by Crippen LogP contribution is -2.35. The van der Waals surface area contributed by atoms with Crippen LogP contribution in [0.15, 0.2) is 48.1 Å². The Morgan fingerprint density at radius 3 is 2.72 bits per heavy atom. The van der Waals surface area contributed by atoms with Crippen LogP contribution in [0.25, 0.3) is 5.57 Å². The maximum atomic E-state index is 11.2. The standard InChI is InChI=1S/C22H29NO2/c1-16(2)23-13-7-10-20-15-19(11-12-21(20)23)18(4)9-6-8-17(3)14-22(24)25-5/h6,8-9,11-12,14-16H,7,10,13H2,1-5H3. The number of hydrogen-bond acceptors (Lipinski definition) is 3. The topological polar surface area (TPSA) is 29.5 Å². The number of ether oxygens (including phenoxy) is 1. The fourth-order valence-electron chi connectivity index (χ4n) is 3.14. The minimum atomic E-state index is -0.327. The molecule has 0 atom stereocenters. The summed E-state index contributed by atoms with van der Waals surface area (Å²) in [5.41, 5.74) is 6.16. The van der Waals surface area contributed by atoms with Crippen molar-refractivity contribution in [1.29, 1.82) is 0 Å². The molecule has 1 aromatic carbocycles. The van der Waals surface area contributed by atoms with E-state index in [4.69, 9.17) is 0 Å². The molecule has 1 aliphatic rings. The van der Waals surface area contributed by atoms with Gasteiger partial charge >= 0.3 is 5.97 Å². The van der Waals surface area contributed by atoms with Gasteiger partial charge in [0.15, 0.2) is 0 Å². The van der Waals surface area contributed by atoms with Crippen LogP contribution >= 0.6 is 0 Å². The molecule has 0 spiro atoms. The summed E-state index contributed by atoms with van der Waals surface area (Å²) in [4.78, 5) is 13.7. The summed E-state index contributed by atoms with van der Waals surface area (Å²) in [5, 5.41) is 0. The van der Waals surface area contributed by atoms with Crippen molar-refractivity contribution >= 4 is 17.2 Å². The van der Waals surface area contributed by atoms with E-state index in [2.05, 4.69) is 54.7 Å². The number of rotatable bonds is 5. The van der Waals surface area contributed by atoms with Crippen molar-refractivity contribution in [2.75, 3.05) is 18.6 Å². The summed E-state index contributed by atoms with van der Waals surface area (Å²) in [7, 11) is 1.39. The average molecular weight is 339 g/mol. The molecule has 0 saturated heterocycles. The number of carbonyl (C=O) groups is 1. The second-order valence-electron chi connectivity index (χ2n) is 6.85. The Kier molecular flexibility index (Phi) is 6.63. The Bertz CT molecular complexity index is 711. The van der Waals surface area contributed by atoms with E-state index in [1.807, 2.05) is 19.1 Å². The lowest BCUT2D eigenvalue weighted by Gasteiger charge is -2.35. The first kappa shape index (κ1) is 19.0. The molecule has 0 bridgehead atoms. The van der Waals surface area contributed by atoms with Crippen molar-refractivity contribution in [1.82, 2.24) is 0 Å². The van der Waals surface area contributed by atoms with E-state index in [1.54, 1.807) is 0 Å². The predicted molar refractivity (Wildman–Crippen MR) is 106 cm³/mol. The summed E-state index contributed by atoms with van der Waals surface area (Å²) >= 11 is 0. The van der Waals surface area contributed by atoms with E-state index < -0.39 is 0 Å². The van der Waals surface area contributed by atoms with Gasteiger partial charge in [-0.05, 0) is 74.9 Å². The Hall–Kier alpha value is -2.29. The number of carbonyl (C=O) groups excluding carboxylic acids is 1. The molecule has 0 aromatic heterocycles. The van der Waals surface area contributed by atoms with Gasteiger partial charge in [-0.2, -0.15) is 0 Å². The first-order chi connectivity index (χ1) is 11.9. The summed E-state index contributed by atoms with van der Waals surface area (Å²) in [6.07, 6.45) is 9.83. The highest BCUT2D eigenvalue weighted by Gasteiger charge is 2.19. The number of nitrogens with zero attached hydrogens (tertiary/aromatic N) is 1. The van der Waals surface area contributed by atoms with Crippen LogP contribution in [0.3, 0.4) is 0 Å². The van der Waals surface area contributed by atoms with Crippen LogP contribution in [0.2, 0.25) is 0 Å². The number of anilines is 1. The third-order valence-corrected chi connectivity index (χ3v) is 4.56. The molecule has 1 heterocycles. The Labute approximate surface area is 151 Å². The Morgan fingerprint density at radius 1 is 1.28 bits per heavy atom. The molecule has 134 valence electrons. The van der Waals surface area contributed by atoms with Gasteiger partial charge in [-0.25, -0.2) is 4.79 Å². The molecule has 0 amide bonds. The summed E-state index contributed by atoms with van der Waals surface area (Å²) in [5.74, 6) is -0.327. The number of esters is 1. The summed E-state index contributed by atoms with van der Waals surface area (Å²) < 4.78 is 4.63. The summed E-state index contributed by atoms with van der Waals surface area (Å²) in [6, 6.07) is 7.32. The van der Waals surface area contributed by atoms with Crippen molar-refractivity contribution in [2.45, 2.75) is 46.6 Å². The average Bonchev–Trinajstić information content (AvgIpc) is 2.60. The van der Waals surface area contributed by atoms with Gasteiger partial charge in [-0.3, -0.25) is 0 Å². The maximum Gasteiger partial charge on any atom is 0.330 e. The van der Waals surface area contributed by atoms with E-state index in [0.717, 1.165) is 18.5 Å². The zero-order chi connectivity index (χ0) is 18.4. The molecule has 0 saturated carbocycles. The van der Waals surface area contributed by atoms with Gasteiger partial charge in [0.25, 0.3) is 0 Å². The van der Waals surface area contributed by atoms with Crippen LogP contribution in [-0.4, -0.2) is 25.7 Å². The van der Waals surface area contributed by atoms with Crippen molar-refractivity contribution in [3.63, 3.8) is 0 Å². The number of methoxy groups -OCH3 is 1. The maximum absolute atomic E-state index is 11.2. The molecule has 0 fully saturated rings. The third kappa shape index (κ3) is 5.09. The van der Waals surface area contributed by atoms with E-state index >= 15 is 0 Å². The molecular formula is C22H29NO2. The van der Waals surface area contributed by atoms with Gasteiger partial charge in [0.2, 0.25) is 0 Å². The summed E-state index contributed by atoms with van der Waals surface area (Å²) in [6.45, 7) is 9.66. The number of allylic oxidation sites excluding steroid dienone is 5. The Balaban J connectivity index is 2.16. The van der Waals surface area contributed by atoms with Gasteiger partial charge in [0.1, 0.15) is 0 Å². The lowest BCUT2D eigenvalue weighted by molar-refractivity contribution is -0.134. The number of fused-ring (bicyclic) bond motifs is 1. The van der Waals surface area contributed by atoms with Crippen molar-refractivity contribution in [3.8, 4) is 0 Å². The highest BCUT2D eigenvalue weighted by Crippen LogP contribution is 2.31. The monoisotopic (exact) mass is 339 g/mol. The van der Waals surface area contributed by atoms with Crippen LogP contribution in [0, 0.1) is 0 Å². The smallest absolute Gasteiger partial charge is 0.330 e. The minimum absolute atomic E-state index is 0.327. The van der Waals surface area contributed by atoms with E-state index in [0.29, 0.717) is 6.04 Å².